The van der Waals surface area contributed by atoms with Crippen molar-refractivity contribution in [2.24, 2.45) is 0 Å². The molecule has 14 heteroatoms. The van der Waals surface area contributed by atoms with E-state index in [1.54, 1.807) is 49.4 Å². The molecule has 1 atom stereocenters. The van der Waals surface area contributed by atoms with Gasteiger partial charge in [0.05, 0.1) is 21.2 Å². The van der Waals surface area contributed by atoms with Crippen LogP contribution in [0.15, 0.2) is 95.9 Å². The number of halogens is 6. The Hall–Kier alpha value is -3.77. The number of benzene rings is 4. The third-order valence-corrected chi connectivity index (χ3v) is 10.6. The van der Waals surface area contributed by atoms with Gasteiger partial charge in [-0.15, -0.1) is 0 Å². The van der Waals surface area contributed by atoms with Crippen molar-refractivity contribution in [2.75, 3.05) is 17.4 Å². The van der Waals surface area contributed by atoms with Crippen LogP contribution in [0.5, 0.6) is 0 Å². The van der Waals surface area contributed by atoms with Gasteiger partial charge in [-0.25, -0.2) is 8.42 Å². The highest BCUT2D eigenvalue weighted by Gasteiger charge is 2.38. The van der Waals surface area contributed by atoms with E-state index < -0.39 is 56.9 Å². The third kappa shape index (κ3) is 9.93. The van der Waals surface area contributed by atoms with Crippen LogP contribution in [0.4, 0.5) is 18.9 Å². The zero-order chi connectivity index (χ0) is 36.6. The molecule has 4 aromatic rings. The van der Waals surface area contributed by atoms with Gasteiger partial charge in [-0.3, -0.25) is 13.9 Å². The Morgan fingerprint density at radius 1 is 0.880 bits per heavy atom. The molecule has 266 valence electrons. The number of nitrogens with one attached hydrogen (secondary N) is 1. The molecule has 4 aromatic carbocycles. The van der Waals surface area contributed by atoms with Crippen LogP contribution < -0.4 is 9.62 Å². The molecule has 4 rings (SSSR count). The zero-order valence-corrected chi connectivity index (χ0v) is 30.3. The Morgan fingerprint density at radius 3 is 2.18 bits per heavy atom. The van der Waals surface area contributed by atoms with Gasteiger partial charge in [-0.1, -0.05) is 102 Å². The van der Waals surface area contributed by atoms with Crippen LogP contribution in [0.2, 0.25) is 15.1 Å². The molecule has 0 aliphatic rings. The van der Waals surface area contributed by atoms with E-state index in [2.05, 4.69) is 5.32 Å². The fraction of sp³-hybridized carbons (Fsp3) is 0.278. The molecule has 0 saturated carbocycles. The number of anilines is 1. The van der Waals surface area contributed by atoms with E-state index in [9.17, 15) is 31.2 Å². The summed E-state index contributed by atoms with van der Waals surface area (Å²) < 4.78 is 71.0. The maximum atomic E-state index is 14.6. The van der Waals surface area contributed by atoms with Crippen molar-refractivity contribution in [2.45, 2.75) is 56.8 Å². The van der Waals surface area contributed by atoms with Crippen molar-refractivity contribution in [3.63, 3.8) is 0 Å². The molecule has 1 unspecified atom stereocenters. The Morgan fingerprint density at radius 2 is 1.56 bits per heavy atom. The summed E-state index contributed by atoms with van der Waals surface area (Å²) in [5.74, 6) is -1.37. The summed E-state index contributed by atoms with van der Waals surface area (Å²) in [7, 11) is -4.65. The molecular formula is C36H35Cl3F3N3O4S. The van der Waals surface area contributed by atoms with Crippen molar-refractivity contribution < 1.29 is 31.2 Å². The second-order valence-corrected chi connectivity index (χ2v) is 14.7. The largest absolute Gasteiger partial charge is 0.417 e. The lowest BCUT2D eigenvalue weighted by Gasteiger charge is -2.34. The molecule has 1 N–H and O–H groups in total. The number of carbonyl (C=O) groups is 2. The van der Waals surface area contributed by atoms with Crippen LogP contribution >= 0.6 is 34.8 Å². The average molecular weight is 769 g/mol. The molecule has 2 amide bonds. The lowest BCUT2D eigenvalue weighted by molar-refractivity contribution is -0.140. The Labute approximate surface area is 305 Å². The van der Waals surface area contributed by atoms with Gasteiger partial charge >= 0.3 is 6.18 Å². The fourth-order valence-electron chi connectivity index (χ4n) is 5.15. The summed E-state index contributed by atoms with van der Waals surface area (Å²) in [5, 5.41) is 2.74. The predicted octanol–water partition coefficient (Wildman–Crippen LogP) is 8.73. The van der Waals surface area contributed by atoms with Crippen LogP contribution in [0, 0.1) is 6.92 Å². The zero-order valence-electron chi connectivity index (χ0n) is 27.2. The number of amides is 2. The van der Waals surface area contributed by atoms with Gasteiger partial charge in [0, 0.05) is 29.6 Å². The molecule has 0 aliphatic carbocycles. The van der Waals surface area contributed by atoms with Crippen LogP contribution in [-0.2, 0) is 38.8 Å². The number of sulfonamides is 1. The summed E-state index contributed by atoms with van der Waals surface area (Å²) in [5.41, 5.74) is 0.117. The van der Waals surface area contributed by atoms with E-state index in [4.69, 9.17) is 34.8 Å². The maximum absolute atomic E-state index is 14.6. The quantitative estimate of drug-likeness (QED) is 0.130. The van der Waals surface area contributed by atoms with Crippen molar-refractivity contribution in [3.8, 4) is 0 Å². The molecule has 0 radical (unpaired) electrons. The van der Waals surface area contributed by atoms with Crippen LogP contribution in [0.3, 0.4) is 0 Å². The third-order valence-electron chi connectivity index (χ3n) is 7.89. The van der Waals surface area contributed by atoms with Gasteiger partial charge in [0.2, 0.25) is 11.8 Å². The number of nitrogens with zero attached hydrogens (tertiary/aromatic N) is 2. The first kappa shape index (κ1) is 39.0. The minimum absolute atomic E-state index is 0.0413. The minimum Gasteiger partial charge on any atom is -0.354 e. The van der Waals surface area contributed by atoms with Gasteiger partial charge in [0.1, 0.15) is 12.6 Å². The standard InChI is InChI=1S/C36H35Cl3F3N3O4S/c1-3-4-18-43-35(47)33(19-25-8-6-5-7-9-25)44(22-26-12-13-27(37)20-32(26)39)34(46)23-45(50(48,49)29-15-10-24(2)11-16-29)28-14-17-31(38)30(21-28)36(40,41)42/h5-17,20-21,33H,3-4,18-19,22-23H2,1-2H3,(H,43,47). The van der Waals surface area contributed by atoms with Crippen LogP contribution in [0.25, 0.3) is 0 Å². The van der Waals surface area contributed by atoms with Crippen LogP contribution in [-0.4, -0.2) is 44.3 Å². The molecular weight excluding hydrogens is 734 g/mol. The average Bonchev–Trinajstić information content (AvgIpc) is 3.06. The van der Waals surface area contributed by atoms with Gasteiger partial charge in [-0.2, -0.15) is 13.2 Å². The lowest BCUT2D eigenvalue weighted by atomic mass is 10.0. The van der Waals surface area contributed by atoms with Crippen molar-refractivity contribution in [1.82, 2.24) is 10.2 Å². The monoisotopic (exact) mass is 767 g/mol. The predicted molar refractivity (Wildman–Crippen MR) is 191 cm³/mol. The summed E-state index contributed by atoms with van der Waals surface area (Å²) in [6, 6.07) is 20.6. The highest BCUT2D eigenvalue weighted by molar-refractivity contribution is 7.92. The number of rotatable bonds is 14. The number of hydrogen-bond donors (Lipinski definition) is 1. The first-order valence-electron chi connectivity index (χ1n) is 15.6. The van der Waals surface area contributed by atoms with Gasteiger partial charge in [0.25, 0.3) is 10.0 Å². The lowest BCUT2D eigenvalue weighted by Crippen LogP contribution is -2.53. The molecule has 7 nitrogen and oxygen atoms in total. The van der Waals surface area contributed by atoms with Gasteiger partial charge in [0.15, 0.2) is 0 Å². The van der Waals surface area contributed by atoms with Crippen molar-refractivity contribution >= 4 is 62.3 Å². The molecule has 50 heavy (non-hydrogen) atoms. The molecule has 0 saturated heterocycles. The maximum Gasteiger partial charge on any atom is 0.417 e. The second-order valence-electron chi connectivity index (χ2n) is 11.6. The number of unbranched alkanes of at least 4 members (excludes halogenated alkanes) is 1. The first-order chi connectivity index (χ1) is 23.6. The van der Waals surface area contributed by atoms with E-state index >= 15 is 0 Å². The van der Waals surface area contributed by atoms with Crippen molar-refractivity contribution in [3.05, 3.63) is 128 Å². The minimum atomic E-state index is -4.93. The summed E-state index contributed by atoms with van der Waals surface area (Å²) in [4.78, 5) is 29.4. The number of aryl methyl sites for hydroxylation is 1. The Kier molecular flexibility index (Phi) is 13.2. The second kappa shape index (κ2) is 17.0. The summed E-state index contributed by atoms with van der Waals surface area (Å²) in [6.45, 7) is 2.80. The topological polar surface area (TPSA) is 86.8 Å². The molecule has 0 fully saturated rings. The Bertz CT molecular complexity index is 1910. The normalized spacial score (nSPS) is 12.3. The summed E-state index contributed by atoms with van der Waals surface area (Å²) >= 11 is 18.5. The highest BCUT2D eigenvalue weighted by atomic mass is 35.5. The first-order valence-corrected chi connectivity index (χ1v) is 18.2. The smallest absolute Gasteiger partial charge is 0.354 e. The molecule has 0 heterocycles. The SMILES string of the molecule is CCCCNC(=O)C(Cc1ccccc1)N(Cc1ccc(Cl)cc1Cl)C(=O)CN(c1ccc(Cl)c(C(F)(F)F)c1)S(=O)(=O)c1ccc(C)cc1. The molecule has 0 bridgehead atoms. The van der Waals surface area contributed by atoms with Crippen molar-refractivity contribution in [1.29, 1.82) is 0 Å². The van der Waals surface area contributed by atoms with Crippen LogP contribution in [0.1, 0.15) is 42.0 Å². The van der Waals surface area contributed by atoms with E-state index in [0.717, 1.165) is 24.1 Å². The van der Waals surface area contributed by atoms with Gasteiger partial charge < -0.3 is 10.2 Å². The van der Waals surface area contributed by atoms with E-state index in [0.29, 0.717) is 39.5 Å². The van der Waals surface area contributed by atoms with E-state index in [1.807, 2.05) is 6.92 Å². The van der Waals surface area contributed by atoms with E-state index in [1.165, 1.54) is 35.2 Å². The molecule has 0 aliphatic heterocycles. The van der Waals surface area contributed by atoms with E-state index in [-0.39, 0.29) is 22.9 Å². The van der Waals surface area contributed by atoms with Gasteiger partial charge in [-0.05, 0) is 66.9 Å². The Balaban J connectivity index is 1.87. The fourth-order valence-corrected chi connectivity index (χ4v) is 7.24. The number of carbonyl (C=O) groups excluding carboxylic acids is 2. The highest BCUT2D eigenvalue weighted by Crippen LogP contribution is 2.38. The number of hydrogen-bond acceptors (Lipinski definition) is 4. The molecule has 0 spiro atoms. The molecule has 0 aromatic heterocycles. The number of alkyl halides is 3. The summed E-state index contributed by atoms with van der Waals surface area (Å²) in [6.07, 6.45) is -3.42.